The van der Waals surface area contributed by atoms with Crippen LogP contribution < -0.4 is 14.8 Å². The lowest BCUT2D eigenvalue weighted by atomic mass is 9.90. The van der Waals surface area contributed by atoms with Crippen molar-refractivity contribution in [2.45, 2.75) is 32.4 Å². The summed E-state index contributed by atoms with van der Waals surface area (Å²) in [5, 5.41) is 21.4. The third-order valence-corrected chi connectivity index (χ3v) is 5.20. The summed E-state index contributed by atoms with van der Waals surface area (Å²) in [5.41, 5.74) is 4.85. The number of rotatable bonds is 6. The van der Waals surface area contributed by atoms with Gasteiger partial charge in [-0.05, 0) is 41.8 Å². The van der Waals surface area contributed by atoms with Gasteiger partial charge in [0, 0.05) is 29.9 Å². The Bertz CT molecular complexity index is 1180. The third-order valence-electron chi connectivity index (χ3n) is 5.20. The second-order valence-electron chi connectivity index (χ2n) is 7.93. The van der Waals surface area contributed by atoms with Gasteiger partial charge in [0.15, 0.2) is 11.5 Å². The molecule has 0 fully saturated rings. The molecule has 0 bridgehead atoms. The zero-order valence-electron chi connectivity index (χ0n) is 18.8. The second-order valence-corrected chi connectivity index (χ2v) is 7.93. The molecule has 0 spiro atoms. The van der Waals surface area contributed by atoms with Crippen molar-refractivity contribution in [1.82, 2.24) is 10.3 Å². The number of H-pyrrole nitrogens is 1. The number of hydrogen-bond acceptors (Lipinski definition) is 5. The molecule has 2 atom stereocenters. The van der Waals surface area contributed by atoms with Gasteiger partial charge < -0.3 is 24.7 Å². The highest BCUT2D eigenvalue weighted by Crippen LogP contribution is 2.38. The summed E-state index contributed by atoms with van der Waals surface area (Å²) in [7, 11) is 1.59. The summed E-state index contributed by atoms with van der Waals surface area (Å²) in [6.07, 6.45) is 0.433. The molecular weight excluding hydrogens is 424 g/mol. The van der Waals surface area contributed by atoms with E-state index in [4.69, 9.17) is 19.4 Å². The topological polar surface area (TPSA) is 121 Å². The van der Waals surface area contributed by atoms with E-state index in [2.05, 4.69) is 16.9 Å². The summed E-state index contributed by atoms with van der Waals surface area (Å²) in [5.74, 6) is -0.471. The molecular formula is C25H28N2O6. The maximum absolute atomic E-state index is 11.8. The molecule has 0 saturated heterocycles. The van der Waals surface area contributed by atoms with Gasteiger partial charge in [0.1, 0.15) is 12.6 Å². The molecule has 4 N–H and O–H groups in total. The van der Waals surface area contributed by atoms with Crippen LogP contribution in [0.25, 0.3) is 10.9 Å². The maximum Gasteiger partial charge on any atom is 0.321 e. The fraction of sp³-hybridized carbons (Fsp3) is 0.280. The summed E-state index contributed by atoms with van der Waals surface area (Å²) >= 11 is 0. The molecule has 2 heterocycles. The first-order valence-corrected chi connectivity index (χ1v) is 10.4. The van der Waals surface area contributed by atoms with Gasteiger partial charge in [0.05, 0.1) is 13.2 Å². The van der Waals surface area contributed by atoms with Crippen molar-refractivity contribution >= 4 is 22.8 Å². The number of aromatic amines is 1. The largest absolute Gasteiger partial charge is 0.493 e. The van der Waals surface area contributed by atoms with E-state index in [1.165, 1.54) is 0 Å². The summed E-state index contributed by atoms with van der Waals surface area (Å²) < 4.78 is 11.3. The van der Waals surface area contributed by atoms with Crippen LogP contribution >= 0.6 is 0 Å². The van der Waals surface area contributed by atoms with Gasteiger partial charge in [-0.1, -0.05) is 30.8 Å². The zero-order valence-corrected chi connectivity index (χ0v) is 18.8. The molecule has 1 unspecified atom stereocenters. The van der Waals surface area contributed by atoms with Crippen LogP contribution in [0, 0.1) is 0 Å². The Morgan fingerprint density at radius 3 is 2.45 bits per heavy atom. The summed E-state index contributed by atoms with van der Waals surface area (Å²) in [6.45, 7) is 7.24. The van der Waals surface area contributed by atoms with E-state index >= 15 is 0 Å². The van der Waals surface area contributed by atoms with Crippen LogP contribution in [-0.2, 0) is 16.0 Å². The molecule has 1 aromatic heterocycles. The van der Waals surface area contributed by atoms with Gasteiger partial charge in [0.25, 0.3) is 5.97 Å². The minimum absolute atomic E-state index is 0.295. The highest BCUT2D eigenvalue weighted by atomic mass is 16.5. The lowest BCUT2D eigenvalue weighted by molar-refractivity contribution is -0.140. The highest BCUT2D eigenvalue weighted by molar-refractivity contribution is 5.87. The Balaban J connectivity index is 0.000000709. The van der Waals surface area contributed by atoms with E-state index in [0.717, 1.165) is 40.2 Å². The molecule has 33 heavy (non-hydrogen) atoms. The van der Waals surface area contributed by atoms with E-state index in [1.54, 1.807) is 7.11 Å². The first kappa shape index (κ1) is 23.9. The van der Waals surface area contributed by atoms with Crippen molar-refractivity contribution < 1.29 is 29.3 Å². The number of aliphatic carboxylic acids is 2. The number of fused-ring (bicyclic) bond motifs is 3. The predicted octanol–water partition coefficient (Wildman–Crippen LogP) is 3.91. The standard InChI is InChI=1S/C23H24N2O4.C2H4O2/c1-13(2)12-29-19-9-8-14(10-20(19)28-3)21-22-16(11-18(25-21)23(26)27)15-6-4-5-7-17(15)24-22;1-2(3)4/h4-10,18,21,24-25H,1,11-12H2,2-3H3,(H,26,27);1H3,(H,3,4)/t18-,21?;/m0./s1. The molecule has 8 nitrogen and oxygen atoms in total. The van der Waals surface area contributed by atoms with Crippen LogP contribution in [0.4, 0.5) is 0 Å². The van der Waals surface area contributed by atoms with Crippen LogP contribution in [0.1, 0.15) is 36.7 Å². The number of carbonyl (C=O) groups is 2. The number of carboxylic acids is 2. The summed E-state index contributed by atoms with van der Waals surface area (Å²) in [6, 6.07) is 12.7. The average molecular weight is 453 g/mol. The molecule has 2 aromatic carbocycles. The number of para-hydroxylation sites is 1. The first-order valence-electron chi connectivity index (χ1n) is 10.4. The lowest BCUT2D eigenvalue weighted by Gasteiger charge is -2.30. The van der Waals surface area contributed by atoms with Gasteiger partial charge >= 0.3 is 5.97 Å². The minimum atomic E-state index is -0.862. The number of ether oxygens (including phenoxy) is 2. The van der Waals surface area contributed by atoms with Crippen molar-refractivity contribution in [3.63, 3.8) is 0 Å². The van der Waals surface area contributed by atoms with Crippen LogP contribution in [0.2, 0.25) is 0 Å². The van der Waals surface area contributed by atoms with E-state index in [1.807, 2.05) is 49.4 Å². The number of hydrogen-bond donors (Lipinski definition) is 4. The molecule has 0 saturated carbocycles. The van der Waals surface area contributed by atoms with Gasteiger partial charge in [-0.15, -0.1) is 0 Å². The number of carboxylic acid groups (broad SMARTS) is 2. The SMILES string of the molecule is C=C(C)COc1ccc(C2N[C@H](C(=O)O)Cc3c2[nH]c2ccccc32)cc1OC.CC(=O)O. The Kier molecular flexibility index (Phi) is 7.40. The van der Waals surface area contributed by atoms with E-state index in [-0.39, 0.29) is 6.04 Å². The predicted molar refractivity (Wildman–Crippen MR) is 125 cm³/mol. The molecule has 0 radical (unpaired) electrons. The van der Waals surface area contributed by atoms with Crippen molar-refractivity contribution in [2.24, 2.45) is 0 Å². The molecule has 174 valence electrons. The molecule has 0 aliphatic carbocycles. The average Bonchev–Trinajstić information content (AvgIpc) is 3.15. The maximum atomic E-state index is 11.8. The number of aromatic nitrogens is 1. The Labute approximate surface area is 191 Å². The molecule has 4 rings (SSSR count). The fourth-order valence-electron chi connectivity index (χ4n) is 3.84. The Morgan fingerprint density at radius 1 is 1.12 bits per heavy atom. The van der Waals surface area contributed by atoms with E-state index in [0.29, 0.717) is 24.5 Å². The third kappa shape index (κ3) is 5.53. The van der Waals surface area contributed by atoms with Gasteiger partial charge in [-0.25, -0.2) is 0 Å². The number of methoxy groups -OCH3 is 1. The van der Waals surface area contributed by atoms with Crippen LogP contribution in [0.5, 0.6) is 11.5 Å². The highest BCUT2D eigenvalue weighted by Gasteiger charge is 2.34. The zero-order chi connectivity index (χ0) is 24.1. The van der Waals surface area contributed by atoms with Crippen LogP contribution in [0.3, 0.4) is 0 Å². The molecule has 0 amide bonds. The van der Waals surface area contributed by atoms with Gasteiger partial charge in [0.2, 0.25) is 0 Å². The first-order chi connectivity index (χ1) is 15.7. The smallest absolute Gasteiger partial charge is 0.321 e. The van der Waals surface area contributed by atoms with E-state index < -0.39 is 18.0 Å². The van der Waals surface area contributed by atoms with Gasteiger partial charge in [-0.3, -0.25) is 14.9 Å². The number of nitrogens with one attached hydrogen (secondary N) is 2. The van der Waals surface area contributed by atoms with Crippen molar-refractivity contribution in [3.05, 3.63) is 71.4 Å². The van der Waals surface area contributed by atoms with Crippen LogP contribution in [-0.4, -0.2) is 46.9 Å². The van der Waals surface area contributed by atoms with E-state index in [9.17, 15) is 9.90 Å². The number of benzene rings is 2. The normalized spacial score (nSPS) is 16.8. The Hall–Kier alpha value is -3.78. The monoisotopic (exact) mass is 452 g/mol. The molecule has 8 heteroatoms. The molecule has 1 aliphatic heterocycles. The molecule has 1 aliphatic rings. The minimum Gasteiger partial charge on any atom is -0.493 e. The van der Waals surface area contributed by atoms with Crippen molar-refractivity contribution in [3.8, 4) is 11.5 Å². The van der Waals surface area contributed by atoms with Crippen molar-refractivity contribution in [1.29, 1.82) is 0 Å². The van der Waals surface area contributed by atoms with Gasteiger partial charge in [-0.2, -0.15) is 0 Å². The fourth-order valence-corrected chi connectivity index (χ4v) is 3.84. The quantitative estimate of drug-likeness (QED) is 0.419. The molecule has 3 aromatic rings. The second kappa shape index (κ2) is 10.2. The Morgan fingerprint density at radius 2 is 1.82 bits per heavy atom. The lowest BCUT2D eigenvalue weighted by Crippen LogP contribution is -2.44. The summed E-state index contributed by atoms with van der Waals surface area (Å²) in [4.78, 5) is 24.3. The van der Waals surface area contributed by atoms with Crippen LogP contribution in [0.15, 0.2) is 54.6 Å². The van der Waals surface area contributed by atoms with Crippen molar-refractivity contribution in [2.75, 3.05) is 13.7 Å².